The molecule has 1 N–H and O–H groups in total. The summed E-state index contributed by atoms with van der Waals surface area (Å²) < 4.78 is 11.5. The van der Waals surface area contributed by atoms with E-state index in [0.29, 0.717) is 19.6 Å². The van der Waals surface area contributed by atoms with Gasteiger partial charge in [-0.3, -0.25) is 9.69 Å². The third-order valence-electron chi connectivity index (χ3n) is 5.35. The van der Waals surface area contributed by atoms with Crippen LogP contribution >= 0.6 is 0 Å². The number of likely N-dealkylation sites (tertiary alicyclic amines) is 1. The molecule has 1 aromatic rings. The van der Waals surface area contributed by atoms with Crippen molar-refractivity contribution in [2.75, 3.05) is 38.2 Å². The van der Waals surface area contributed by atoms with Crippen LogP contribution in [0.1, 0.15) is 47.5 Å². The molecular weight excluding hydrogens is 340 g/mol. The van der Waals surface area contributed by atoms with E-state index in [1.165, 1.54) is 6.42 Å². The van der Waals surface area contributed by atoms with E-state index in [1.807, 2.05) is 45.0 Å². The van der Waals surface area contributed by atoms with E-state index in [-0.39, 0.29) is 5.91 Å². The first-order valence-corrected chi connectivity index (χ1v) is 10.3. The van der Waals surface area contributed by atoms with E-state index in [1.54, 1.807) is 0 Å². The number of nitrogens with one attached hydrogen (secondary N) is 1. The first-order valence-electron chi connectivity index (χ1n) is 10.3. The van der Waals surface area contributed by atoms with E-state index < -0.39 is 5.60 Å². The molecule has 1 saturated heterocycles. The quantitative estimate of drug-likeness (QED) is 0.702. The van der Waals surface area contributed by atoms with Gasteiger partial charge in [0.15, 0.2) is 0 Å². The number of benzene rings is 1. The Bertz CT molecular complexity index is 580. The van der Waals surface area contributed by atoms with E-state index >= 15 is 0 Å². The summed E-state index contributed by atoms with van der Waals surface area (Å²) in [6.07, 6.45) is 1.95. The number of rotatable bonds is 9. The predicted octanol–water partition coefficient (Wildman–Crippen LogP) is 4.19. The van der Waals surface area contributed by atoms with Gasteiger partial charge in [0, 0.05) is 31.9 Å². The Balaban J connectivity index is 1.80. The number of nitrogens with zero attached hydrogens (tertiary/aromatic N) is 1. The highest BCUT2D eigenvalue weighted by atomic mass is 16.5. The molecule has 5 heteroatoms. The number of carbonyl (C=O) groups excluding carboxylic acids is 1. The first kappa shape index (κ1) is 21.7. The molecule has 0 aliphatic carbocycles. The van der Waals surface area contributed by atoms with E-state index in [4.69, 9.17) is 9.47 Å². The van der Waals surface area contributed by atoms with Gasteiger partial charge in [-0.05, 0) is 62.8 Å². The topological polar surface area (TPSA) is 50.8 Å². The van der Waals surface area contributed by atoms with Crippen molar-refractivity contribution in [1.29, 1.82) is 0 Å². The van der Waals surface area contributed by atoms with Crippen molar-refractivity contribution in [2.45, 2.75) is 53.1 Å². The molecule has 1 heterocycles. The molecule has 3 atom stereocenters. The lowest BCUT2D eigenvalue weighted by atomic mass is 9.92. The van der Waals surface area contributed by atoms with Gasteiger partial charge in [0.05, 0.1) is 0 Å². The number of anilines is 1. The molecule has 1 aromatic carbocycles. The van der Waals surface area contributed by atoms with Gasteiger partial charge in [-0.1, -0.05) is 20.8 Å². The molecule has 0 spiro atoms. The maximum absolute atomic E-state index is 12.5. The second-order valence-corrected chi connectivity index (χ2v) is 8.05. The lowest BCUT2D eigenvalue weighted by molar-refractivity contribution is -0.139. The third-order valence-corrected chi connectivity index (χ3v) is 5.35. The summed E-state index contributed by atoms with van der Waals surface area (Å²) in [6, 6.07) is 7.56. The number of piperidine rings is 1. The van der Waals surface area contributed by atoms with Crippen molar-refractivity contribution < 1.29 is 14.3 Å². The van der Waals surface area contributed by atoms with Crippen LogP contribution in [-0.2, 0) is 9.53 Å². The summed E-state index contributed by atoms with van der Waals surface area (Å²) >= 11 is 0. The van der Waals surface area contributed by atoms with Gasteiger partial charge in [-0.2, -0.15) is 0 Å². The minimum absolute atomic E-state index is 0.117. The highest BCUT2D eigenvalue weighted by molar-refractivity contribution is 5.97. The number of amides is 1. The van der Waals surface area contributed by atoms with Gasteiger partial charge >= 0.3 is 0 Å². The molecule has 0 radical (unpaired) electrons. The molecule has 0 saturated carbocycles. The van der Waals surface area contributed by atoms with Crippen LogP contribution in [0, 0.1) is 11.8 Å². The summed E-state index contributed by atoms with van der Waals surface area (Å²) in [4.78, 5) is 15.0. The van der Waals surface area contributed by atoms with E-state index in [2.05, 4.69) is 24.1 Å². The van der Waals surface area contributed by atoms with Crippen LogP contribution in [0.3, 0.4) is 0 Å². The monoisotopic (exact) mass is 376 g/mol. The molecule has 5 nitrogen and oxygen atoms in total. The van der Waals surface area contributed by atoms with Gasteiger partial charge < -0.3 is 14.8 Å². The molecule has 1 amide bonds. The molecule has 152 valence electrons. The zero-order valence-electron chi connectivity index (χ0n) is 17.6. The zero-order chi connectivity index (χ0) is 19.9. The number of hydrogen-bond donors (Lipinski definition) is 1. The molecule has 0 unspecified atom stereocenters. The normalized spacial score (nSPS) is 22.9. The van der Waals surface area contributed by atoms with Crippen LogP contribution < -0.4 is 10.1 Å². The van der Waals surface area contributed by atoms with E-state index in [0.717, 1.165) is 42.9 Å². The van der Waals surface area contributed by atoms with E-state index in [9.17, 15) is 4.79 Å². The van der Waals surface area contributed by atoms with Gasteiger partial charge in [-0.15, -0.1) is 0 Å². The maximum atomic E-state index is 12.5. The van der Waals surface area contributed by atoms with Crippen molar-refractivity contribution in [3.05, 3.63) is 24.3 Å². The second kappa shape index (κ2) is 10.1. The van der Waals surface area contributed by atoms with Crippen LogP contribution in [-0.4, -0.2) is 49.3 Å². The molecule has 1 aliphatic rings. The predicted molar refractivity (Wildman–Crippen MR) is 110 cm³/mol. The summed E-state index contributed by atoms with van der Waals surface area (Å²) in [7, 11) is 0. The summed E-state index contributed by atoms with van der Waals surface area (Å²) in [5, 5.41) is 2.94. The van der Waals surface area contributed by atoms with Crippen molar-refractivity contribution >= 4 is 11.6 Å². The lowest BCUT2D eigenvalue weighted by Gasteiger charge is -2.34. The molecule has 0 bridgehead atoms. The SMILES string of the molecule is CCO[C@](C)(CC)C(=O)Nc1ccc(OCCN2C[C@@H](C)C[C@H](C)C2)cc1. The average Bonchev–Trinajstić information content (AvgIpc) is 2.62. The Kier molecular flexibility index (Phi) is 8.11. The molecule has 27 heavy (non-hydrogen) atoms. The molecule has 1 fully saturated rings. The Morgan fingerprint density at radius 3 is 2.37 bits per heavy atom. The Morgan fingerprint density at radius 2 is 1.81 bits per heavy atom. The standard InChI is InChI=1S/C22H36N2O3/c1-6-22(5,27-7-2)21(25)23-19-8-10-20(11-9-19)26-13-12-24-15-17(3)14-18(4)16-24/h8-11,17-18H,6-7,12-16H2,1-5H3,(H,23,25)/t17-,18-,22+/m0/s1. The van der Waals surface area contributed by atoms with Crippen LogP contribution in [0.25, 0.3) is 0 Å². The summed E-state index contributed by atoms with van der Waals surface area (Å²) in [6.45, 7) is 14.8. The van der Waals surface area contributed by atoms with Gasteiger partial charge in [0.2, 0.25) is 0 Å². The molecule has 0 aromatic heterocycles. The fourth-order valence-corrected chi connectivity index (χ4v) is 3.81. The largest absolute Gasteiger partial charge is 0.492 e. The minimum atomic E-state index is -0.799. The Hall–Kier alpha value is -1.59. The van der Waals surface area contributed by atoms with Gasteiger partial charge in [0.1, 0.15) is 18.0 Å². The Labute approximate surface area is 164 Å². The van der Waals surface area contributed by atoms with Crippen molar-refractivity contribution in [3.63, 3.8) is 0 Å². The van der Waals surface area contributed by atoms with Crippen LogP contribution in [0.4, 0.5) is 5.69 Å². The van der Waals surface area contributed by atoms with Crippen molar-refractivity contribution in [3.8, 4) is 5.75 Å². The molecule has 1 aliphatic heterocycles. The number of hydrogen-bond acceptors (Lipinski definition) is 4. The van der Waals surface area contributed by atoms with Crippen LogP contribution in [0.15, 0.2) is 24.3 Å². The molecular formula is C22H36N2O3. The van der Waals surface area contributed by atoms with Crippen molar-refractivity contribution in [1.82, 2.24) is 4.90 Å². The fourth-order valence-electron chi connectivity index (χ4n) is 3.81. The highest BCUT2D eigenvalue weighted by Crippen LogP contribution is 2.22. The average molecular weight is 377 g/mol. The zero-order valence-corrected chi connectivity index (χ0v) is 17.6. The van der Waals surface area contributed by atoms with Crippen LogP contribution in [0.2, 0.25) is 0 Å². The summed E-state index contributed by atoms with van der Waals surface area (Å²) in [5.41, 5.74) is -0.0440. The Morgan fingerprint density at radius 1 is 1.19 bits per heavy atom. The minimum Gasteiger partial charge on any atom is -0.492 e. The lowest BCUT2D eigenvalue weighted by Crippen LogP contribution is -2.42. The third kappa shape index (κ3) is 6.51. The van der Waals surface area contributed by atoms with Gasteiger partial charge in [-0.25, -0.2) is 0 Å². The van der Waals surface area contributed by atoms with Gasteiger partial charge in [0.25, 0.3) is 5.91 Å². The first-order chi connectivity index (χ1) is 12.9. The fraction of sp³-hybridized carbons (Fsp3) is 0.682. The van der Waals surface area contributed by atoms with Crippen molar-refractivity contribution in [2.24, 2.45) is 11.8 Å². The smallest absolute Gasteiger partial charge is 0.256 e. The second-order valence-electron chi connectivity index (χ2n) is 8.05. The summed E-state index contributed by atoms with van der Waals surface area (Å²) in [5.74, 6) is 2.24. The number of carbonyl (C=O) groups is 1. The van der Waals surface area contributed by atoms with Crippen LogP contribution in [0.5, 0.6) is 5.75 Å². The highest BCUT2D eigenvalue weighted by Gasteiger charge is 2.31. The molecule has 2 rings (SSSR count). The number of ether oxygens (including phenoxy) is 2. The maximum Gasteiger partial charge on any atom is 0.256 e.